The first-order valence-electron chi connectivity index (χ1n) is 6.90. The minimum absolute atomic E-state index is 0.181. The predicted molar refractivity (Wildman–Crippen MR) is 86.3 cm³/mol. The van der Waals surface area contributed by atoms with Crippen LogP contribution in [-0.4, -0.2) is 35.7 Å². The van der Waals surface area contributed by atoms with E-state index in [1.807, 2.05) is 13.0 Å². The second-order valence-corrected chi connectivity index (χ2v) is 4.48. The van der Waals surface area contributed by atoms with Crippen LogP contribution in [0.1, 0.15) is 12.5 Å². The van der Waals surface area contributed by atoms with Gasteiger partial charge in [0.15, 0.2) is 5.96 Å². The maximum absolute atomic E-state index is 11.5. The molecule has 0 aliphatic rings. The Kier molecular flexibility index (Phi) is 5.13. The van der Waals surface area contributed by atoms with Gasteiger partial charge in [-0.05, 0) is 25.5 Å². The van der Waals surface area contributed by atoms with E-state index in [2.05, 4.69) is 25.6 Å². The topological polar surface area (TPSA) is 128 Å². The number of aryl methyl sites for hydroxylation is 1. The number of amides is 1. The van der Waals surface area contributed by atoms with Crippen LogP contribution in [-0.2, 0) is 4.74 Å². The van der Waals surface area contributed by atoms with E-state index in [9.17, 15) is 4.79 Å². The van der Waals surface area contributed by atoms with Crippen molar-refractivity contribution >= 4 is 23.9 Å². The average molecular weight is 318 g/mol. The number of aliphatic imine (C=N–C) groups is 1. The van der Waals surface area contributed by atoms with Crippen LogP contribution in [0.15, 0.2) is 27.8 Å². The average Bonchev–Trinajstić information content (AvgIpc) is 2.97. The molecule has 2 heterocycles. The Morgan fingerprint density at radius 1 is 1.39 bits per heavy atom. The highest BCUT2D eigenvalue weighted by molar-refractivity contribution is 5.90. The number of nitrogens with one attached hydrogen (secondary N) is 2. The number of oxazole rings is 1. The molecule has 9 heteroatoms. The van der Waals surface area contributed by atoms with Gasteiger partial charge < -0.3 is 14.9 Å². The zero-order valence-electron chi connectivity index (χ0n) is 13.1. The number of guanidine groups is 1. The Labute approximate surface area is 133 Å². The third-order valence-electron chi connectivity index (χ3n) is 2.83. The molecule has 4 N–H and O–H groups in total. The van der Waals surface area contributed by atoms with E-state index in [0.29, 0.717) is 17.2 Å². The van der Waals surface area contributed by atoms with Crippen LogP contribution in [0.25, 0.3) is 11.4 Å². The molecule has 9 nitrogen and oxygen atoms in total. The van der Waals surface area contributed by atoms with E-state index < -0.39 is 6.09 Å². The molecule has 0 fully saturated rings. The number of pyridine rings is 1. The van der Waals surface area contributed by atoms with Gasteiger partial charge in [0.05, 0.1) is 12.3 Å². The second kappa shape index (κ2) is 7.25. The maximum Gasteiger partial charge on any atom is 0.412 e. The molecule has 0 bridgehead atoms. The number of nitrogens with two attached hydrogens (primary N) is 1. The zero-order valence-corrected chi connectivity index (χ0v) is 13.1. The van der Waals surface area contributed by atoms with Crippen molar-refractivity contribution in [3.05, 3.63) is 24.0 Å². The molecular formula is C14H18N6O3. The quantitative estimate of drug-likeness (QED) is 0.580. The van der Waals surface area contributed by atoms with Crippen LogP contribution in [0.3, 0.4) is 0 Å². The first kappa shape index (κ1) is 16.3. The fourth-order valence-electron chi connectivity index (χ4n) is 1.73. The van der Waals surface area contributed by atoms with Gasteiger partial charge in [-0.25, -0.2) is 9.78 Å². The van der Waals surface area contributed by atoms with Crippen molar-refractivity contribution in [3.8, 4) is 11.4 Å². The van der Waals surface area contributed by atoms with Crippen molar-refractivity contribution in [1.82, 2.24) is 9.97 Å². The molecule has 0 aliphatic heterocycles. The molecule has 0 radical (unpaired) electrons. The van der Waals surface area contributed by atoms with Crippen molar-refractivity contribution in [3.63, 3.8) is 0 Å². The molecule has 0 spiro atoms. The summed E-state index contributed by atoms with van der Waals surface area (Å²) in [6.07, 6.45) is 0.874. The maximum atomic E-state index is 11.5. The Hall–Kier alpha value is -3.10. The van der Waals surface area contributed by atoms with Gasteiger partial charge in [-0.15, -0.1) is 0 Å². The summed E-state index contributed by atoms with van der Waals surface area (Å²) in [5.41, 5.74) is 7.50. The Morgan fingerprint density at radius 2 is 2.17 bits per heavy atom. The molecular weight excluding hydrogens is 300 g/mol. The van der Waals surface area contributed by atoms with Gasteiger partial charge in [-0.1, -0.05) is 6.07 Å². The number of carbonyl (C=O) groups is 1. The molecule has 2 aromatic heterocycles. The van der Waals surface area contributed by atoms with Crippen molar-refractivity contribution in [2.24, 2.45) is 10.7 Å². The summed E-state index contributed by atoms with van der Waals surface area (Å²) < 4.78 is 10.1. The summed E-state index contributed by atoms with van der Waals surface area (Å²) in [6.45, 7) is 3.88. The normalized spacial score (nSPS) is 11.2. The van der Waals surface area contributed by atoms with E-state index in [1.165, 1.54) is 6.26 Å². The van der Waals surface area contributed by atoms with Crippen LogP contribution >= 0.6 is 0 Å². The lowest BCUT2D eigenvalue weighted by Gasteiger charge is -2.07. The third-order valence-corrected chi connectivity index (χ3v) is 2.83. The molecule has 0 aliphatic carbocycles. The monoisotopic (exact) mass is 318 g/mol. The summed E-state index contributed by atoms with van der Waals surface area (Å²) in [4.78, 5) is 23.8. The van der Waals surface area contributed by atoms with E-state index in [0.717, 1.165) is 5.56 Å². The van der Waals surface area contributed by atoms with Crippen molar-refractivity contribution < 1.29 is 13.9 Å². The van der Waals surface area contributed by atoms with E-state index in [-0.39, 0.29) is 18.6 Å². The Balaban J connectivity index is 2.23. The van der Waals surface area contributed by atoms with Crippen LogP contribution in [0.5, 0.6) is 0 Å². The standard InChI is InChI=1S/C14H18N6O3/c1-4-22-14(21)19-10-6-5-8(2)11(18-10)9-7-23-13(17-9)20-12(15)16-3/h5-7H,4H2,1-3H3,(H,18,19,21)(H3,15,16,17,20). The fourth-order valence-corrected chi connectivity index (χ4v) is 1.73. The minimum Gasteiger partial charge on any atom is -0.450 e. The summed E-state index contributed by atoms with van der Waals surface area (Å²) >= 11 is 0. The highest BCUT2D eigenvalue weighted by atomic mass is 16.5. The Bertz CT molecular complexity index is 725. The van der Waals surface area contributed by atoms with Gasteiger partial charge >= 0.3 is 12.1 Å². The van der Waals surface area contributed by atoms with Crippen molar-refractivity contribution in [2.75, 3.05) is 24.3 Å². The predicted octanol–water partition coefficient (Wildman–Crippen LogP) is 1.97. The first-order valence-corrected chi connectivity index (χ1v) is 6.90. The van der Waals surface area contributed by atoms with Crippen LogP contribution in [0, 0.1) is 6.92 Å². The smallest absolute Gasteiger partial charge is 0.412 e. The van der Waals surface area contributed by atoms with Crippen molar-refractivity contribution in [1.29, 1.82) is 0 Å². The van der Waals surface area contributed by atoms with Crippen LogP contribution in [0.4, 0.5) is 16.6 Å². The van der Waals surface area contributed by atoms with Gasteiger partial charge in [-0.3, -0.25) is 15.6 Å². The first-order chi connectivity index (χ1) is 11.0. The molecule has 0 aromatic carbocycles. The number of nitrogens with zero attached hydrogens (tertiary/aromatic N) is 3. The van der Waals surface area contributed by atoms with Crippen LogP contribution < -0.4 is 16.4 Å². The van der Waals surface area contributed by atoms with Crippen molar-refractivity contribution in [2.45, 2.75) is 13.8 Å². The number of anilines is 2. The van der Waals surface area contributed by atoms with E-state index in [1.54, 1.807) is 20.0 Å². The number of ether oxygens (including phenoxy) is 1. The van der Waals surface area contributed by atoms with Gasteiger partial charge in [-0.2, -0.15) is 4.98 Å². The number of hydrogen-bond acceptors (Lipinski definition) is 6. The summed E-state index contributed by atoms with van der Waals surface area (Å²) in [5, 5.41) is 5.24. The fraction of sp³-hybridized carbons (Fsp3) is 0.286. The van der Waals surface area contributed by atoms with E-state index in [4.69, 9.17) is 14.9 Å². The lowest BCUT2D eigenvalue weighted by molar-refractivity contribution is 0.168. The van der Waals surface area contributed by atoms with Gasteiger partial charge in [0, 0.05) is 7.05 Å². The largest absolute Gasteiger partial charge is 0.450 e. The highest BCUT2D eigenvalue weighted by Gasteiger charge is 2.13. The molecule has 2 aromatic rings. The number of carbonyl (C=O) groups excluding carboxylic acids is 1. The molecule has 1 amide bonds. The van der Waals surface area contributed by atoms with Gasteiger partial charge in [0.25, 0.3) is 0 Å². The zero-order chi connectivity index (χ0) is 16.8. The molecule has 122 valence electrons. The summed E-state index contributed by atoms with van der Waals surface area (Å²) in [6, 6.07) is 3.69. The number of hydrogen-bond donors (Lipinski definition) is 3. The molecule has 23 heavy (non-hydrogen) atoms. The minimum atomic E-state index is -0.566. The lowest BCUT2D eigenvalue weighted by atomic mass is 10.2. The molecule has 0 atom stereocenters. The molecule has 0 saturated carbocycles. The Morgan fingerprint density at radius 3 is 2.87 bits per heavy atom. The molecule has 0 saturated heterocycles. The molecule has 0 unspecified atom stereocenters. The second-order valence-electron chi connectivity index (χ2n) is 4.48. The lowest BCUT2D eigenvalue weighted by Crippen LogP contribution is -2.22. The summed E-state index contributed by atoms with van der Waals surface area (Å²) in [5.74, 6) is 0.539. The highest BCUT2D eigenvalue weighted by Crippen LogP contribution is 2.24. The third kappa shape index (κ3) is 4.19. The van der Waals surface area contributed by atoms with Gasteiger partial charge in [0.1, 0.15) is 17.8 Å². The number of rotatable bonds is 4. The molecule has 2 rings (SSSR count). The van der Waals surface area contributed by atoms with Gasteiger partial charge in [0.2, 0.25) is 0 Å². The number of aromatic nitrogens is 2. The van der Waals surface area contributed by atoms with E-state index >= 15 is 0 Å². The SMILES string of the molecule is CCOC(=O)Nc1ccc(C)c(-c2coc(NC(N)=NC)n2)n1. The summed E-state index contributed by atoms with van der Waals surface area (Å²) in [7, 11) is 1.54. The van der Waals surface area contributed by atoms with Crippen LogP contribution in [0.2, 0.25) is 0 Å².